The molecular formula is C20H26N2O2. The molecule has 128 valence electrons. The molecule has 1 unspecified atom stereocenters. The molecule has 0 aliphatic heterocycles. The molecule has 0 spiro atoms. The van der Waals surface area contributed by atoms with Gasteiger partial charge in [-0.3, -0.25) is 0 Å². The number of hydrogen-bond donors (Lipinski definition) is 2. The van der Waals surface area contributed by atoms with Crippen LogP contribution < -0.4 is 5.32 Å². The van der Waals surface area contributed by atoms with E-state index in [2.05, 4.69) is 42.1 Å². The zero-order valence-corrected chi connectivity index (χ0v) is 14.5. The number of benzene rings is 1. The van der Waals surface area contributed by atoms with Crippen LogP contribution in [0.25, 0.3) is 0 Å². The molecule has 2 aromatic rings. The van der Waals surface area contributed by atoms with Crippen molar-refractivity contribution in [2.24, 2.45) is 5.92 Å². The molecule has 4 nitrogen and oxygen atoms in total. The molecule has 24 heavy (non-hydrogen) atoms. The molecule has 2 N–H and O–H groups in total. The summed E-state index contributed by atoms with van der Waals surface area (Å²) in [6.07, 6.45) is 5.22. The Hall–Kier alpha value is -2.07. The maximum absolute atomic E-state index is 11.1. The van der Waals surface area contributed by atoms with E-state index in [9.17, 15) is 4.79 Å². The third-order valence-electron chi connectivity index (χ3n) is 4.83. The van der Waals surface area contributed by atoms with E-state index in [0.717, 1.165) is 25.9 Å². The van der Waals surface area contributed by atoms with Gasteiger partial charge >= 0.3 is 5.97 Å². The molecule has 1 aromatic heterocycles. The molecule has 0 saturated carbocycles. The van der Waals surface area contributed by atoms with E-state index in [-0.39, 0.29) is 0 Å². The van der Waals surface area contributed by atoms with E-state index >= 15 is 0 Å². The minimum atomic E-state index is -0.850. The molecule has 1 aromatic carbocycles. The first kappa shape index (κ1) is 16.8. The zero-order chi connectivity index (χ0) is 17.1. The van der Waals surface area contributed by atoms with Crippen LogP contribution >= 0.6 is 0 Å². The van der Waals surface area contributed by atoms with E-state index in [1.165, 1.54) is 23.2 Å². The number of nitrogens with one attached hydrogen (secondary N) is 1. The number of fused-ring (bicyclic) bond motifs is 1. The van der Waals surface area contributed by atoms with Crippen molar-refractivity contribution in [1.29, 1.82) is 0 Å². The fourth-order valence-corrected chi connectivity index (χ4v) is 3.37. The van der Waals surface area contributed by atoms with Crippen LogP contribution in [0.3, 0.4) is 0 Å². The van der Waals surface area contributed by atoms with Gasteiger partial charge in [-0.2, -0.15) is 0 Å². The predicted molar refractivity (Wildman–Crippen MR) is 95.3 cm³/mol. The monoisotopic (exact) mass is 326 g/mol. The zero-order valence-electron chi connectivity index (χ0n) is 14.5. The minimum Gasteiger partial charge on any atom is -0.478 e. The molecule has 1 aliphatic rings. The fraction of sp³-hybridized carbons (Fsp3) is 0.450. The molecule has 0 saturated heterocycles. The van der Waals surface area contributed by atoms with Crippen LogP contribution in [-0.4, -0.2) is 21.7 Å². The van der Waals surface area contributed by atoms with Gasteiger partial charge in [0.25, 0.3) is 0 Å². The lowest BCUT2D eigenvalue weighted by molar-refractivity contribution is 0.0697. The Kier molecular flexibility index (Phi) is 5.05. The predicted octanol–water partition coefficient (Wildman–Crippen LogP) is 3.49. The highest BCUT2D eigenvalue weighted by Gasteiger charge is 2.22. The maximum Gasteiger partial charge on any atom is 0.335 e. The van der Waals surface area contributed by atoms with Crippen molar-refractivity contribution in [3.63, 3.8) is 0 Å². The largest absolute Gasteiger partial charge is 0.478 e. The maximum atomic E-state index is 11.1. The lowest BCUT2D eigenvalue weighted by Crippen LogP contribution is -2.29. The number of aromatic nitrogens is 1. The van der Waals surface area contributed by atoms with E-state index in [1.54, 1.807) is 6.07 Å². The van der Waals surface area contributed by atoms with Crippen LogP contribution in [0.15, 0.2) is 36.5 Å². The molecule has 1 atom stereocenters. The quantitative estimate of drug-likeness (QED) is 0.819. The summed E-state index contributed by atoms with van der Waals surface area (Å²) in [6, 6.07) is 10.2. The lowest BCUT2D eigenvalue weighted by atomic mass is 10.1. The molecule has 0 radical (unpaired) electrons. The summed E-state index contributed by atoms with van der Waals surface area (Å²) in [4.78, 5) is 11.1. The molecule has 4 heteroatoms. The van der Waals surface area contributed by atoms with E-state index < -0.39 is 5.97 Å². The number of carboxylic acids is 1. The van der Waals surface area contributed by atoms with Crippen molar-refractivity contribution < 1.29 is 9.90 Å². The summed E-state index contributed by atoms with van der Waals surface area (Å²) in [5.41, 5.74) is 4.14. The average Bonchev–Trinajstić information content (AvgIpc) is 3.15. The van der Waals surface area contributed by atoms with Crippen molar-refractivity contribution >= 4 is 5.97 Å². The summed E-state index contributed by atoms with van der Waals surface area (Å²) < 4.78 is 2.33. The topological polar surface area (TPSA) is 54.3 Å². The molecular weight excluding hydrogens is 300 g/mol. The number of hydrogen-bond acceptors (Lipinski definition) is 2. The SMILES string of the molecule is CC(C)CCn1cccc1CNC1Cc2ccc(C(=O)O)cc2C1. The van der Waals surface area contributed by atoms with Crippen molar-refractivity contribution in [2.45, 2.75) is 52.2 Å². The van der Waals surface area contributed by atoms with Gasteiger partial charge in [-0.05, 0) is 60.6 Å². The van der Waals surface area contributed by atoms with Gasteiger partial charge in [-0.25, -0.2) is 4.79 Å². The van der Waals surface area contributed by atoms with Crippen molar-refractivity contribution in [1.82, 2.24) is 9.88 Å². The third kappa shape index (κ3) is 3.88. The first-order chi connectivity index (χ1) is 11.5. The van der Waals surface area contributed by atoms with E-state index in [0.29, 0.717) is 17.5 Å². The molecule has 3 rings (SSSR count). The molecule has 1 heterocycles. The number of rotatable bonds is 7. The van der Waals surface area contributed by atoms with Gasteiger partial charge in [0.1, 0.15) is 0 Å². The van der Waals surface area contributed by atoms with Gasteiger partial charge in [0.2, 0.25) is 0 Å². The first-order valence-electron chi connectivity index (χ1n) is 8.75. The second kappa shape index (κ2) is 7.22. The second-order valence-corrected chi connectivity index (χ2v) is 7.15. The Labute approximate surface area is 143 Å². The minimum absolute atomic E-state index is 0.386. The lowest BCUT2D eigenvalue weighted by Gasteiger charge is -2.15. The molecule has 0 fully saturated rings. The smallest absolute Gasteiger partial charge is 0.335 e. The standard InChI is InChI=1S/C20H26N2O2/c1-14(2)7-9-22-8-3-4-19(22)13-21-18-11-15-5-6-16(20(23)24)10-17(15)12-18/h3-6,8,10,14,18,21H,7,9,11-13H2,1-2H3,(H,23,24). The van der Waals surface area contributed by atoms with Crippen LogP contribution in [0.5, 0.6) is 0 Å². The highest BCUT2D eigenvalue weighted by Crippen LogP contribution is 2.24. The van der Waals surface area contributed by atoms with Gasteiger partial charge in [0.05, 0.1) is 5.56 Å². The summed E-state index contributed by atoms with van der Waals surface area (Å²) in [5, 5.41) is 12.8. The van der Waals surface area contributed by atoms with Gasteiger partial charge in [-0.1, -0.05) is 19.9 Å². The van der Waals surface area contributed by atoms with E-state index in [1.807, 2.05) is 12.1 Å². The summed E-state index contributed by atoms with van der Waals surface area (Å²) in [7, 11) is 0. The Bertz CT molecular complexity index is 718. The van der Waals surface area contributed by atoms with Crippen molar-refractivity contribution in [3.8, 4) is 0 Å². The number of carbonyl (C=O) groups is 1. The Balaban J connectivity index is 1.57. The van der Waals surface area contributed by atoms with E-state index in [4.69, 9.17) is 5.11 Å². The van der Waals surface area contributed by atoms with Crippen LogP contribution in [0.4, 0.5) is 0 Å². The van der Waals surface area contributed by atoms with Crippen LogP contribution in [0.1, 0.15) is 47.4 Å². The molecule has 1 aliphatic carbocycles. The Morgan fingerprint density at radius 3 is 2.83 bits per heavy atom. The van der Waals surface area contributed by atoms with Crippen LogP contribution in [0, 0.1) is 5.92 Å². The van der Waals surface area contributed by atoms with Crippen molar-refractivity contribution in [3.05, 3.63) is 58.9 Å². The van der Waals surface area contributed by atoms with Gasteiger partial charge < -0.3 is 15.0 Å². The highest BCUT2D eigenvalue weighted by molar-refractivity contribution is 5.88. The molecule has 0 bridgehead atoms. The fourth-order valence-electron chi connectivity index (χ4n) is 3.37. The summed E-state index contributed by atoms with van der Waals surface area (Å²) in [6.45, 7) is 6.43. The molecule has 0 amide bonds. The number of aromatic carboxylic acids is 1. The summed E-state index contributed by atoms with van der Waals surface area (Å²) in [5.74, 6) is -0.141. The number of carboxylic acid groups (broad SMARTS) is 1. The highest BCUT2D eigenvalue weighted by atomic mass is 16.4. The van der Waals surface area contributed by atoms with Crippen LogP contribution in [0.2, 0.25) is 0 Å². The summed E-state index contributed by atoms with van der Waals surface area (Å²) >= 11 is 0. The third-order valence-corrected chi connectivity index (χ3v) is 4.83. The van der Waals surface area contributed by atoms with Gasteiger partial charge in [0.15, 0.2) is 0 Å². The van der Waals surface area contributed by atoms with Crippen molar-refractivity contribution in [2.75, 3.05) is 0 Å². The number of nitrogens with zero attached hydrogens (tertiary/aromatic N) is 1. The van der Waals surface area contributed by atoms with Gasteiger partial charge in [-0.15, -0.1) is 0 Å². The van der Waals surface area contributed by atoms with Gasteiger partial charge in [0, 0.05) is 31.0 Å². The average molecular weight is 326 g/mol. The normalized spacial score (nSPS) is 16.5. The Morgan fingerprint density at radius 1 is 1.29 bits per heavy atom. The first-order valence-corrected chi connectivity index (χ1v) is 8.75. The second-order valence-electron chi connectivity index (χ2n) is 7.15. The van der Waals surface area contributed by atoms with Crippen LogP contribution in [-0.2, 0) is 25.9 Å². The Morgan fingerprint density at radius 2 is 2.08 bits per heavy atom. The number of aryl methyl sites for hydroxylation is 1.